The summed E-state index contributed by atoms with van der Waals surface area (Å²) in [6, 6.07) is 10.1. The Balaban J connectivity index is 2.61. The van der Waals surface area contributed by atoms with Crippen LogP contribution >= 0.6 is 0 Å². The van der Waals surface area contributed by atoms with Gasteiger partial charge in [0.1, 0.15) is 0 Å². The fourth-order valence-corrected chi connectivity index (χ4v) is 0.789. The highest BCUT2D eigenvalue weighted by Gasteiger charge is 1.84. The lowest BCUT2D eigenvalue weighted by Crippen LogP contribution is -1.79. The molecule has 45 valence electrons. The molecule has 0 fully saturated rings. The molecular formula is C9H9. The maximum Gasteiger partial charge on any atom is -0.00901 e. The van der Waals surface area contributed by atoms with Crippen molar-refractivity contribution in [3.63, 3.8) is 0 Å². The highest BCUT2D eigenvalue weighted by Crippen LogP contribution is 2.00. The predicted molar refractivity (Wildman–Crippen MR) is 38.0 cm³/mol. The maximum atomic E-state index is 6.94. The molecule has 3 radical (unpaired) electrons. The molecule has 0 N–H and O–H groups in total. The first-order chi connectivity index (χ1) is 4.43. The van der Waals surface area contributed by atoms with E-state index in [0.29, 0.717) is 6.42 Å². The Morgan fingerprint density at radius 2 is 1.78 bits per heavy atom. The molecule has 1 rings (SSSR count). The van der Waals surface area contributed by atoms with Crippen LogP contribution in [0.1, 0.15) is 12.0 Å². The molecule has 1 aromatic rings. The summed E-state index contributed by atoms with van der Waals surface area (Å²) < 4.78 is 0. The SMILES string of the molecule is [C]CCc1ccccc1. The van der Waals surface area contributed by atoms with Crippen LogP contribution in [-0.2, 0) is 6.42 Å². The molecule has 0 heterocycles. The van der Waals surface area contributed by atoms with E-state index in [0.717, 1.165) is 6.42 Å². The van der Waals surface area contributed by atoms with Gasteiger partial charge in [-0.05, 0) is 25.3 Å². The smallest absolute Gasteiger partial charge is 0.00901 e. The van der Waals surface area contributed by atoms with Crippen molar-refractivity contribution in [2.45, 2.75) is 12.8 Å². The Kier molecular flexibility index (Phi) is 2.32. The van der Waals surface area contributed by atoms with Crippen molar-refractivity contribution >= 4 is 0 Å². The molecule has 0 atom stereocenters. The van der Waals surface area contributed by atoms with Crippen LogP contribution in [0.25, 0.3) is 0 Å². The zero-order valence-electron chi connectivity index (χ0n) is 5.30. The average molecular weight is 117 g/mol. The molecule has 0 aliphatic rings. The van der Waals surface area contributed by atoms with Crippen LogP contribution in [0.15, 0.2) is 30.3 Å². The standard InChI is InChI=1S/C9H9/c1-2-6-9-7-4-3-5-8-9/h3-5,7-8H,2,6H2. The molecule has 0 bridgehead atoms. The molecular weight excluding hydrogens is 108 g/mol. The Morgan fingerprint density at radius 1 is 1.11 bits per heavy atom. The van der Waals surface area contributed by atoms with Gasteiger partial charge in [-0.25, -0.2) is 0 Å². The van der Waals surface area contributed by atoms with Gasteiger partial charge in [-0.3, -0.25) is 0 Å². The molecule has 0 aliphatic carbocycles. The Hall–Kier alpha value is -0.780. The van der Waals surface area contributed by atoms with E-state index in [1.807, 2.05) is 18.2 Å². The average Bonchev–Trinajstić information content (AvgIpc) is 1.91. The van der Waals surface area contributed by atoms with Crippen LogP contribution in [0.4, 0.5) is 0 Å². The first kappa shape index (κ1) is 6.34. The molecule has 1 aromatic carbocycles. The molecule has 0 nitrogen and oxygen atoms in total. The lowest BCUT2D eigenvalue weighted by atomic mass is 10.1. The van der Waals surface area contributed by atoms with Gasteiger partial charge in [-0.15, -0.1) is 0 Å². The molecule has 0 aromatic heterocycles. The molecule has 0 spiro atoms. The van der Waals surface area contributed by atoms with Gasteiger partial charge in [0.15, 0.2) is 0 Å². The van der Waals surface area contributed by atoms with E-state index in [1.165, 1.54) is 5.56 Å². The quantitative estimate of drug-likeness (QED) is 0.557. The highest BCUT2D eigenvalue weighted by atomic mass is 13.9. The van der Waals surface area contributed by atoms with Gasteiger partial charge in [0.05, 0.1) is 0 Å². The number of rotatable bonds is 2. The second kappa shape index (κ2) is 3.29. The number of benzene rings is 1. The van der Waals surface area contributed by atoms with Crippen molar-refractivity contribution in [3.05, 3.63) is 42.8 Å². The topological polar surface area (TPSA) is 0 Å². The summed E-state index contributed by atoms with van der Waals surface area (Å²) in [6.07, 6.45) is 1.37. The minimum atomic E-state index is 0.490. The second-order valence-electron chi connectivity index (χ2n) is 1.99. The van der Waals surface area contributed by atoms with E-state index in [2.05, 4.69) is 12.1 Å². The minimum absolute atomic E-state index is 0.490. The van der Waals surface area contributed by atoms with E-state index < -0.39 is 0 Å². The minimum Gasteiger partial charge on any atom is -0.0622 e. The van der Waals surface area contributed by atoms with Crippen molar-refractivity contribution in [1.82, 2.24) is 0 Å². The lowest BCUT2D eigenvalue weighted by Gasteiger charge is -1.93. The fourth-order valence-electron chi connectivity index (χ4n) is 0.789. The summed E-state index contributed by atoms with van der Waals surface area (Å²) in [7, 11) is 0. The summed E-state index contributed by atoms with van der Waals surface area (Å²) >= 11 is 0. The monoisotopic (exact) mass is 117 g/mol. The van der Waals surface area contributed by atoms with Crippen LogP contribution < -0.4 is 0 Å². The van der Waals surface area contributed by atoms with Crippen LogP contribution in [0.2, 0.25) is 0 Å². The fraction of sp³-hybridized carbons (Fsp3) is 0.222. The zero-order chi connectivity index (χ0) is 6.53. The van der Waals surface area contributed by atoms with Crippen LogP contribution in [-0.4, -0.2) is 0 Å². The normalized spacial score (nSPS) is 9.44. The van der Waals surface area contributed by atoms with Crippen molar-refractivity contribution in [2.24, 2.45) is 0 Å². The molecule has 9 heavy (non-hydrogen) atoms. The second-order valence-corrected chi connectivity index (χ2v) is 1.99. The van der Waals surface area contributed by atoms with Gasteiger partial charge in [-0.1, -0.05) is 30.3 Å². The zero-order valence-corrected chi connectivity index (χ0v) is 5.30. The van der Waals surface area contributed by atoms with Crippen molar-refractivity contribution < 1.29 is 0 Å². The van der Waals surface area contributed by atoms with Gasteiger partial charge in [0.2, 0.25) is 0 Å². The first-order valence-electron chi connectivity index (χ1n) is 3.12. The molecule has 0 saturated heterocycles. The molecule has 0 aliphatic heterocycles. The van der Waals surface area contributed by atoms with Crippen LogP contribution in [0, 0.1) is 6.92 Å². The third kappa shape index (κ3) is 1.88. The van der Waals surface area contributed by atoms with E-state index in [-0.39, 0.29) is 0 Å². The van der Waals surface area contributed by atoms with Crippen molar-refractivity contribution in [3.8, 4) is 0 Å². The summed E-state index contributed by atoms with van der Waals surface area (Å²) in [6.45, 7) is 6.94. The third-order valence-corrected chi connectivity index (χ3v) is 1.26. The molecule has 0 saturated carbocycles. The summed E-state index contributed by atoms with van der Waals surface area (Å²) in [5.74, 6) is 0. The van der Waals surface area contributed by atoms with E-state index in [1.54, 1.807) is 0 Å². The largest absolute Gasteiger partial charge is 0.0622 e. The summed E-state index contributed by atoms with van der Waals surface area (Å²) in [4.78, 5) is 0. The van der Waals surface area contributed by atoms with Crippen molar-refractivity contribution in [1.29, 1.82) is 0 Å². The summed E-state index contributed by atoms with van der Waals surface area (Å²) in [5.41, 5.74) is 1.26. The number of aryl methyl sites for hydroxylation is 1. The predicted octanol–water partition coefficient (Wildman–Crippen LogP) is 2.21. The van der Waals surface area contributed by atoms with E-state index in [9.17, 15) is 0 Å². The van der Waals surface area contributed by atoms with Gasteiger partial charge in [0, 0.05) is 0 Å². The Labute approximate surface area is 56.5 Å². The van der Waals surface area contributed by atoms with Gasteiger partial charge < -0.3 is 0 Å². The summed E-state index contributed by atoms with van der Waals surface area (Å²) in [5, 5.41) is 0. The van der Waals surface area contributed by atoms with E-state index in [4.69, 9.17) is 6.92 Å². The molecule has 0 heteroatoms. The Morgan fingerprint density at radius 3 is 2.33 bits per heavy atom. The van der Waals surface area contributed by atoms with E-state index >= 15 is 0 Å². The lowest BCUT2D eigenvalue weighted by molar-refractivity contribution is 1.000. The van der Waals surface area contributed by atoms with Gasteiger partial charge in [-0.2, -0.15) is 0 Å². The van der Waals surface area contributed by atoms with Crippen LogP contribution in [0.5, 0.6) is 0 Å². The first-order valence-corrected chi connectivity index (χ1v) is 3.12. The van der Waals surface area contributed by atoms with Gasteiger partial charge >= 0.3 is 0 Å². The number of hydrogen-bond donors (Lipinski definition) is 0. The van der Waals surface area contributed by atoms with Crippen LogP contribution in [0.3, 0.4) is 0 Å². The molecule has 0 amide bonds. The Bertz CT molecular complexity index is 153. The third-order valence-electron chi connectivity index (χ3n) is 1.26. The maximum absolute atomic E-state index is 6.94. The van der Waals surface area contributed by atoms with Gasteiger partial charge in [0.25, 0.3) is 0 Å². The highest BCUT2D eigenvalue weighted by molar-refractivity contribution is 5.14. The molecule has 0 unspecified atom stereocenters. The number of hydrogen-bond acceptors (Lipinski definition) is 0. The van der Waals surface area contributed by atoms with Crippen molar-refractivity contribution in [2.75, 3.05) is 0 Å².